The lowest BCUT2D eigenvalue weighted by molar-refractivity contribution is -0.145. The molecule has 8 heteroatoms. The first-order valence-electron chi connectivity index (χ1n) is 7.27. The molecule has 0 bridgehead atoms. The number of alkyl halides is 3. The van der Waals surface area contributed by atoms with Crippen molar-refractivity contribution < 1.29 is 18.0 Å². The summed E-state index contributed by atoms with van der Waals surface area (Å²) in [7, 11) is 1.70. The maximum absolute atomic E-state index is 12.8. The first-order chi connectivity index (χ1) is 10.6. The van der Waals surface area contributed by atoms with Gasteiger partial charge in [-0.05, 0) is 31.0 Å². The molecule has 23 heavy (non-hydrogen) atoms. The topological polar surface area (TPSA) is 51.0 Å². The first-order valence-corrected chi connectivity index (χ1v) is 7.27. The SMILES string of the molecule is CC(C)[C@@H](C)N(CC(F)(F)F)C(=O)c1ccc2c(c1)nnn2C. The Morgan fingerprint density at radius 2 is 1.96 bits per heavy atom. The van der Waals surface area contributed by atoms with Crippen LogP contribution < -0.4 is 0 Å². The van der Waals surface area contributed by atoms with Crippen molar-refractivity contribution in [1.29, 1.82) is 0 Å². The van der Waals surface area contributed by atoms with Crippen molar-refractivity contribution >= 4 is 16.9 Å². The van der Waals surface area contributed by atoms with Crippen LogP contribution in [-0.2, 0) is 7.05 Å². The van der Waals surface area contributed by atoms with E-state index in [2.05, 4.69) is 10.3 Å². The molecule has 0 spiro atoms. The molecule has 5 nitrogen and oxygen atoms in total. The summed E-state index contributed by atoms with van der Waals surface area (Å²) in [5.41, 5.74) is 1.36. The van der Waals surface area contributed by atoms with E-state index in [-0.39, 0.29) is 11.5 Å². The Hall–Kier alpha value is -2.12. The van der Waals surface area contributed by atoms with Crippen LogP contribution in [0.3, 0.4) is 0 Å². The maximum Gasteiger partial charge on any atom is 0.406 e. The van der Waals surface area contributed by atoms with E-state index < -0.39 is 24.7 Å². The summed E-state index contributed by atoms with van der Waals surface area (Å²) in [6.45, 7) is 3.92. The minimum Gasteiger partial charge on any atom is -0.327 e. The Bertz CT molecular complexity index is 708. The summed E-state index contributed by atoms with van der Waals surface area (Å²) in [6.07, 6.45) is -4.45. The monoisotopic (exact) mass is 328 g/mol. The Morgan fingerprint density at radius 3 is 2.52 bits per heavy atom. The molecule has 0 unspecified atom stereocenters. The molecule has 126 valence electrons. The molecule has 1 heterocycles. The van der Waals surface area contributed by atoms with Crippen LogP contribution in [0.25, 0.3) is 11.0 Å². The van der Waals surface area contributed by atoms with Crippen molar-refractivity contribution in [2.24, 2.45) is 13.0 Å². The van der Waals surface area contributed by atoms with Crippen molar-refractivity contribution in [1.82, 2.24) is 19.9 Å². The second-order valence-electron chi connectivity index (χ2n) is 5.95. The van der Waals surface area contributed by atoms with Gasteiger partial charge in [-0.25, -0.2) is 4.68 Å². The third kappa shape index (κ3) is 3.80. The van der Waals surface area contributed by atoms with E-state index in [0.717, 1.165) is 4.90 Å². The maximum atomic E-state index is 12.8. The summed E-state index contributed by atoms with van der Waals surface area (Å²) < 4.78 is 40.1. The van der Waals surface area contributed by atoms with Crippen LogP contribution in [-0.4, -0.2) is 44.6 Å². The minimum atomic E-state index is -4.45. The van der Waals surface area contributed by atoms with Gasteiger partial charge in [-0.1, -0.05) is 19.1 Å². The van der Waals surface area contributed by atoms with Gasteiger partial charge in [-0.3, -0.25) is 4.79 Å². The van der Waals surface area contributed by atoms with Gasteiger partial charge < -0.3 is 4.90 Å². The molecule has 2 rings (SSSR count). The van der Waals surface area contributed by atoms with Gasteiger partial charge in [0, 0.05) is 18.7 Å². The molecule has 0 aliphatic rings. The van der Waals surface area contributed by atoms with Crippen LogP contribution in [0, 0.1) is 5.92 Å². The van der Waals surface area contributed by atoms with Crippen molar-refractivity contribution in [2.75, 3.05) is 6.54 Å². The standard InChI is InChI=1S/C15H19F3N4O/c1-9(2)10(3)22(8-15(16,17)18)14(23)11-5-6-13-12(7-11)19-20-21(13)4/h5-7,9-10H,8H2,1-4H3/t10-/m1/s1. The fourth-order valence-corrected chi connectivity index (χ4v) is 2.29. The highest BCUT2D eigenvalue weighted by Crippen LogP contribution is 2.23. The lowest BCUT2D eigenvalue weighted by atomic mass is 10.0. The van der Waals surface area contributed by atoms with Gasteiger partial charge >= 0.3 is 6.18 Å². The molecule has 0 aliphatic carbocycles. The highest BCUT2D eigenvalue weighted by Gasteiger charge is 2.36. The average Bonchev–Trinajstić information content (AvgIpc) is 2.83. The quantitative estimate of drug-likeness (QED) is 0.867. The third-order valence-corrected chi connectivity index (χ3v) is 3.92. The zero-order valence-electron chi connectivity index (χ0n) is 13.4. The second kappa shape index (κ2) is 6.17. The fourth-order valence-electron chi connectivity index (χ4n) is 2.29. The van der Waals surface area contributed by atoms with E-state index in [0.29, 0.717) is 11.0 Å². The van der Waals surface area contributed by atoms with Gasteiger partial charge in [-0.15, -0.1) is 5.10 Å². The number of hydrogen-bond acceptors (Lipinski definition) is 3. The molecule has 0 saturated carbocycles. The Labute approximate surface area is 132 Å². The zero-order chi connectivity index (χ0) is 17.4. The van der Waals surface area contributed by atoms with Crippen molar-refractivity contribution in [3.63, 3.8) is 0 Å². The zero-order valence-corrected chi connectivity index (χ0v) is 13.4. The highest BCUT2D eigenvalue weighted by atomic mass is 19.4. The molecule has 0 saturated heterocycles. The minimum absolute atomic E-state index is 0.0958. The molecular weight excluding hydrogens is 309 g/mol. The number of aryl methyl sites for hydroxylation is 1. The molecule has 0 fully saturated rings. The molecule has 1 amide bonds. The van der Waals surface area contributed by atoms with Crippen LogP contribution in [0.4, 0.5) is 13.2 Å². The summed E-state index contributed by atoms with van der Waals surface area (Å²) in [5, 5.41) is 7.72. The molecule has 1 aromatic heterocycles. The van der Waals surface area contributed by atoms with Crippen molar-refractivity contribution in [2.45, 2.75) is 33.0 Å². The Balaban J connectivity index is 2.37. The molecule has 1 atom stereocenters. The number of halogens is 3. The van der Waals surface area contributed by atoms with E-state index in [1.165, 1.54) is 16.8 Å². The second-order valence-corrected chi connectivity index (χ2v) is 5.95. The lowest BCUT2D eigenvalue weighted by Gasteiger charge is -2.32. The smallest absolute Gasteiger partial charge is 0.327 e. The van der Waals surface area contributed by atoms with Crippen LogP contribution >= 0.6 is 0 Å². The summed E-state index contributed by atoms with van der Waals surface area (Å²) in [6, 6.07) is 4.07. The highest BCUT2D eigenvalue weighted by molar-refractivity contribution is 5.97. The van der Waals surface area contributed by atoms with E-state index in [9.17, 15) is 18.0 Å². The van der Waals surface area contributed by atoms with Crippen LogP contribution in [0.1, 0.15) is 31.1 Å². The molecule has 2 aromatic rings. The summed E-state index contributed by atoms with van der Waals surface area (Å²) in [4.78, 5) is 13.5. The number of benzene rings is 1. The number of nitrogens with zero attached hydrogens (tertiary/aromatic N) is 4. The molecule has 1 aromatic carbocycles. The van der Waals surface area contributed by atoms with Gasteiger partial charge in [0.15, 0.2) is 0 Å². The van der Waals surface area contributed by atoms with Crippen LogP contribution in [0.15, 0.2) is 18.2 Å². The third-order valence-electron chi connectivity index (χ3n) is 3.92. The number of rotatable bonds is 4. The van der Waals surface area contributed by atoms with Crippen molar-refractivity contribution in [3.8, 4) is 0 Å². The largest absolute Gasteiger partial charge is 0.406 e. The fraction of sp³-hybridized carbons (Fsp3) is 0.533. The summed E-state index contributed by atoms with van der Waals surface area (Å²) in [5.74, 6) is -0.752. The van der Waals surface area contributed by atoms with Gasteiger partial charge in [-0.2, -0.15) is 13.2 Å². The normalized spacial score (nSPS) is 13.6. The molecule has 0 radical (unpaired) electrons. The van der Waals surface area contributed by atoms with E-state index in [1.54, 1.807) is 33.9 Å². The van der Waals surface area contributed by atoms with Crippen molar-refractivity contribution in [3.05, 3.63) is 23.8 Å². The Kier molecular flexibility index (Phi) is 4.63. The number of amides is 1. The summed E-state index contributed by atoms with van der Waals surface area (Å²) >= 11 is 0. The van der Waals surface area contributed by atoms with Gasteiger partial charge in [0.05, 0.1) is 5.52 Å². The van der Waals surface area contributed by atoms with E-state index >= 15 is 0 Å². The number of carbonyl (C=O) groups is 1. The van der Waals surface area contributed by atoms with Crippen LogP contribution in [0.2, 0.25) is 0 Å². The molecule has 0 N–H and O–H groups in total. The van der Waals surface area contributed by atoms with Crippen LogP contribution in [0.5, 0.6) is 0 Å². The predicted octanol–water partition coefficient (Wildman–Crippen LogP) is 3.02. The number of carbonyl (C=O) groups excluding carboxylic acids is 1. The number of aromatic nitrogens is 3. The molecule has 0 aliphatic heterocycles. The predicted molar refractivity (Wildman–Crippen MR) is 79.9 cm³/mol. The van der Waals surface area contributed by atoms with E-state index in [1.807, 2.05) is 0 Å². The first kappa shape index (κ1) is 17.2. The number of hydrogen-bond donors (Lipinski definition) is 0. The van der Waals surface area contributed by atoms with E-state index in [4.69, 9.17) is 0 Å². The van der Waals surface area contributed by atoms with Gasteiger partial charge in [0.2, 0.25) is 0 Å². The van der Waals surface area contributed by atoms with Gasteiger partial charge in [0.25, 0.3) is 5.91 Å². The van der Waals surface area contributed by atoms with Gasteiger partial charge in [0.1, 0.15) is 12.1 Å². The number of fused-ring (bicyclic) bond motifs is 1. The average molecular weight is 328 g/mol. The Morgan fingerprint density at radius 1 is 1.30 bits per heavy atom. The lowest BCUT2D eigenvalue weighted by Crippen LogP contribution is -2.46. The molecular formula is C15H19F3N4O.